The van der Waals surface area contributed by atoms with Crippen molar-refractivity contribution in [2.45, 2.75) is 13.3 Å². The normalized spacial score (nSPS) is 10.7. The lowest BCUT2D eigenvalue weighted by Crippen LogP contribution is -2.00. The summed E-state index contributed by atoms with van der Waals surface area (Å²) in [5, 5.41) is 3.06. The number of nitrogens with zero attached hydrogens (tertiary/aromatic N) is 2. The number of nitrogens with one attached hydrogen (secondary N) is 1. The summed E-state index contributed by atoms with van der Waals surface area (Å²) < 4.78 is 25.2. The number of hydrogen-bond acceptors (Lipinski definition) is 3. The highest BCUT2D eigenvalue weighted by Crippen LogP contribution is 2.24. The molecule has 1 N–H and O–H groups in total. The van der Waals surface area contributed by atoms with Crippen LogP contribution in [0.25, 0.3) is 11.4 Å². The molecule has 3 nitrogen and oxygen atoms in total. The molecule has 0 aliphatic heterocycles. The van der Waals surface area contributed by atoms with Gasteiger partial charge in [-0.3, -0.25) is 0 Å². The monoisotopic (exact) mass is 249 g/mol. The van der Waals surface area contributed by atoms with E-state index in [1.807, 2.05) is 6.92 Å². The molecule has 2 rings (SSSR count). The van der Waals surface area contributed by atoms with Crippen LogP contribution in [0.5, 0.6) is 0 Å². The lowest BCUT2D eigenvalue weighted by atomic mass is 10.1. The summed E-state index contributed by atoms with van der Waals surface area (Å²) >= 11 is 0. The highest BCUT2D eigenvalue weighted by molar-refractivity contribution is 5.58. The van der Waals surface area contributed by atoms with Crippen molar-refractivity contribution in [3.05, 3.63) is 42.1 Å². The van der Waals surface area contributed by atoms with Crippen molar-refractivity contribution in [2.75, 3.05) is 11.9 Å². The van der Waals surface area contributed by atoms with E-state index < -0.39 is 6.43 Å². The smallest absolute Gasteiger partial charge is 0.263 e. The second kappa shape index (κ2) is 5.53. The highest BCUT2D eigenvalue weighted by atomic mass is 19.3. The molecule has 0 aliphatic rings. The molecule has 1 heterocycles. The molecule has 5 heteroatoms. The van der Waals surface area contributed by atoms with Gasteiger partial charge in [0.25, 0.3) is 6.43 Å². The average molecular weight is 249 g/mol. The summed E-state index contributed by atoms with van der Waals surface area (Å²) in [7, 11) is 0. The molecule has 0 bridgehead atoms. The molecular formula is C13H13F2N3. The Labute approximate surface area is 104 Å². The maximum Gasteiger partial charge on any atom is 0.263 e. The minimum absolute atomic E-state index is 0.0232. The fourth-order valence-corrected chi connectivity index (χ4v) is 1.59. The Hall–Kier alpha value is -2.04. The number of benzene rings is 1. The van der Waals surface area contributed by atoms with Crippen LogP contribution >= 0.6 is 0 Å². The molecule has 0 amide bonds. The van der Waals surface area contributed by atoms with Gasteiger partial charge in [0.05, 0.1) is 0 Å². The first-order chi connectivity index (χ1) is 8.70. The molecule has 0 aliphatic carbocycles. The van der Waals surface area contributed by atoms with Gasteiger partial charge in [-0.05, 0) is 19.1 Å². The van der Waals surface area contributed by atoms with Crippen molar-refractivity contribution in [3.63, 3.8) is 0 Å². The third kappa shape index (κ3) is 2.80. The van der Waals surface area contributed by atoms with Crippen molar-refractivity contribution in [1.82, 2.24) is 9.97 Å². The SMILES string of the molecule is CCNc1ccnc(-c2cccc(C(F)F)c2)n1. The Morgan fingerprint density at radius 2 is 2.11 bits per heavy atom. The molecule has 0 atom stereocenters. The molecule has 0 saturated carbocycles. The van der Waals surface area contributed by atoms with Crippen LogP contribution < -0.4 is 5.32 Å². The van der Waals surface area contributed by atoms with Gasteiger partial charge in [0.2, 0.25) is 0 Å². The van der Waals surface area contributed by atoms with Gasteiger partial charge in [0.1, 0.15) is 5.82 Å². The molecule has 1 aromatic carbocycles. The largest absolute Gasteiger partial charge is 0.370 e. The van der Waals surface area contributed by atoms with E-state index in [4.69, 9.17) is 0 Å². The molecule has 94 valence electrons. The number of halogens is 2. The molecule has 0 radical (unpaired) electrons. The number of alkyl halides is 2. The first-order valence-electron chi connectivity index (χ1n) is 5.66. The summed E-state index contributed by atoms with van der Waals surface area (Å²) in [6.07, 6.45) is -0.878. The van der Waals surface area contributed by atoms with E-state index in [0.717, 1.165) is 6.54 Å². The predicted octanol–water partition coefficient (Wildman–Crippen LogP) is 3.51. The highest BCUT2D eigenvalue weighted by Gasteiger charge is 2.09. The van der Waals surface area contributed by atoms with Crippen molar-refractivity contribution >= 4 is 5.82 Å². The number of rotatable bonds is 4. The molecule has 18 heavy (non-hydrogen) atoms. The molecule has 0 unspecified atom stereocenters. The fraction of sp³-hybridized carbons (Fsp3) is 0.231. The van der Waals surface area contributed by atoms with Gasteiger partial charge in [-0.15, -0.1) is 0 Å². The van der Waals surface area contributed by atoms with E-state index in [9.17, 15) is 8.78 Å². The Balaban J connectivity index is 2.35. The molecule has 0 spiro atoms. The van der Waals surface area contributed by atoms with Crippen LogP contribution in [-0.2, 0) is 0 Å². The Kier molecular flexibility index (Phi) is 3.82. The topological polar surface area (TPSA) is 37.8 Å². The van der Waals surface area contributed by atoms with E-state index in [2.05, 4.69) is 15.3 Å². The van der Waals surface area contributed by atoms with Crippen molar-refractivity contribution < 1.29 is 8.78 Å². The average Bonchev–Trinajstić information content (AvgIpc) is 2.39. The van der Waals surface area contributed by atoms with Crippen molar-refractivity contribution in [1.29, 1.82) is 0 Å². The second-order valence-electron chi connectivity index (χ2n) is 3.72. The van der Waals surface area contributed by atoms with Crippen LogP contribution in [0.1, 0.15) is 18.9 Å². The Morgan fingerprint density at radius 3 is 2.83 bits per heavy atom. The zero-order valence-corrected chi connectivity index (χ0v) is 9.90. The first kappa shape index (κ1) is 12.4. The van der Waals surface area contributed by atoms with E-state index in [1.54, 1.807) is 24.4 Å². The second-order valence-corrected chi connectivity index (χ2v) is 3.72. The number of hydrogen-bond donors (Lipinski definition) is 1. The van der Waals surface area contributed by atoms with Gasteiger partial charge in [-0.25, -0.2) is 18.7 Å². The van der Waals surface area contributed by atoms with E-state index >= 15 is 0 Å². The molecule has 0 fully saturated rings. The fourth-order valence-electron chi connectivity index (χ4n) is 1.59. The molecule has 0 saturated heterocycles. The predicted molar refractivity (Wildman–Crippen MR) is 66.6 cm³/mol. The molecular weight excluding hydrogens is 236 g/mol. The van der Waals surface area contributed by atoms with Gasteiger partial charge in [-0.1, -0.05) is 18.2 Å². The van der Waals surface area contributed by atoms with Crippen molar-refractivity contribution in [3.8, 4) is 11.4 Å². The van der Waals surface area contributed by atoms with E-state index in [1.165, 1.54) is 12.1 Å². The summed E-state index contributed by atoms with van der Waals surface area (Å²) in [5.41, 5.74) is 0.567. The minimum Gasteiger partial charge on any atom is -0.370 e. The third-order valence-corrected chi connectivity index (χ3v) is 2.41. The lowest BCUT2D eigenvalue weighted by molar-refractivity contribution is 0.151. The molecule has 1 aromatic heterocycles. The minimum atomic E-state index is -2.48. The van der Waals surface area contributed by atoms with Crippen molar-refractivity contribution in [2.24, 2.45) is 0 Å². The summed E-state index contributed by atoms with van der Waals surface area (Å²) in [6, 6.07) is 7.85. The summed E-state index contributed by atoms with van der Waals surface area (Å²) in [6.45, 7) is 2.70. The van der Waals surface area contributed by atoms with Crippen LogP contribution in [-0.4, -0.2) is 16.5 Å². The van der Waals surface area contributed by atoms with Gasteiger partial charge in [0.15, 0.2) is 5.82 Å². The van der Waals surface area contributed by atoms with Gasteiger partial charge in [0, 0.05) is 23.9 Å². The number of aromatic nitrogens is 2. The van der Waals surface area contributed by atoms with E-state index in [-0.39, 0.29) is 5.56 Å². The van der Waals surface area contributed by atoms with Crippen LogP contribution in [0, 0.1) is 0 Å². The van der Waals surface area contributed by atoms with Crippen LogP contribution in [0.2, 0.25) is 0 Å². The van der Waals surface area contributed by atoms with Crippen LogP contribution in [0.3, 0.4) is 0 Å². The maximum atomic E-state index is 12.6. The summed E-state index contributed by atoms with van der Waals surface area (Å²) in [5.74, 6) is 1.13. The van der Waals surface area contributed by atoms with Crippen LogP contribution in [0.4, 0.5) is 14.6 Å². The zero-order valence-electron chi connectivity index (χ0n) is 9.90. The quantitative estimate of drug-likeness (QED) is 0.901. The summed E-state index contributed by atoms with van der Waals surface area (Å²) in [4.78, 5) is 8.36. The Morgan fingerprint density at radius 1 is 1.28 bits per heavy atom. The Bertz CT molecular complexity index is 529. The van der Waals surface area contributed by atoms with Gasteiger partial charge < -0.3 is 5.32 Å². The van der Waals surface area contributed by atoms with Gasteiger partial charge in [-0.2, -0.15) is 0 Å². The third-order valence-electron chi connectivity index (χ3n) is 2.41. The number of anilines is 1. The van der Waals surface area contributed by atoms with Crippen LogP contribution in [0.15, 0.2) is 36.5 Å². The van der Waals surface area contributed by atoms with Gasteiger partial charge >= 0.3 is 0 Å². The maximum absolute atomic E-state index is 12.6. The lowest BCUT2D eigenvalue weighted by Gasteiger charge is -2.06. The van der Waals surface area contributed by atoms with E-state index in [0.29, 0.717) is 17.2 Å². The molecule has 2 aromatic rings. The first-order valence-corrected chi connectivity index (χ1v) is 5.66. The standard InChI is InChI=1S/C13H13F2N3/c1-2-16-11-6-7-17-13(18-11)10-5-3-4-9(8-10)12(14)15/h3-8,12H,2H2,1H3,(H,16,17,18). The zero-order chi connectivity index (χ0) is 13.0.